The molecular weight excluding hydrogens is 238 g/mol. The van der Waals surface area contributed by atoms with Gasteiger partial charge in [-0.1, -0.05) is 23.7 Å². The van der Waals surface area contributed by atoms with Crippen LogP contribution in [0.4, 0.5) is 0 Å². The van der Waals surface area contributed by atoms with Crippen LogP contribution < -0.4 is 0 Å². The molecule has 0 atom stereocenters. The Morgan fingerprint density at radius 2 is 2.06 bits per heavy atom. The predicted octanol–water partition coefficient (Wildman–Crippen LogP) is 4.15. The largest absolute Gasteiger partial charge is 0.298 e. The Bertz CT molecular complexity index is 500. The van der Waals surface area contributed by atoms with Crippen LogP contribution in [0.2, 0.25) is 5.02 Å². The molecule has 0 unspecified atom stereocenters. The predicted molar refractivity (Wildman–Crippen MR) is 71.3 cm³/mol. The summed E-state index contributed by atoms with van der Waals surface area (Å²) in [6.45, 7) is 3.60. The van der Waals surface area contributed by atoms with Gasteiger partial charge in [0, 0.05) is 11.4 Å². The third-order valence-corrected chi connectivity index (χ3v) is 4.72. The van der Waals surface area contributed by atoms with Gasteiger partial charge in [0.25, 0.3) is 0 Å². The number of halogens is 1. The molecule has 1 nitrogen and oxygen atoms in total. The van der Waals surface area contributed by atoms with Gasteiger partial charge >= 0.3 is 0 Å². The van der Waals surface area contributed by atoms with Crippen molar-refractivity contribution >= 4 is 33.0 Å². The molecule has 1 aromatic heterocycles. The van der Waals surface area contributed by atoms with E-state index in [1.807, 2.05) is 23.5 Å². The van der Waals surface area contributed by atoms with Gasteiger partial charge in [-0.2, -0.15) is 0 Å². The van der Waals surface area contributed by atoms with Gasteiger partial charge in [-0.3, -0.25) is 4.90 Å². The summed E-state index contributed by atoms with van der Waals surface area (Å²) in [4.78, 5) is 3.96. The quantitative estimate of drug-likeness (QED) is 0.775. The minimum atomic E-state index is 0.884. The Kier molecular flexibility index (Phi) is 2.88. The van der Waals surface area contributed by atoms with E-state index in [1.165, 1.54) is 40.9 Å². The first-order valence-corrected chi connectivity index (χ1v) is 6.92. The summed E-state index contributed by atoms with van der Waals surface area (Å²) in [5.41, 5.74) is 0. The Labute approximate surface area is 105 Å². The molecule has 2 heterocycles. The fourth-order valence-electron chi connectivity index (χ4n) is 2.32. The van der Waals surface area contributed by atoms with Crippen molar-refractivity contribution in [3.8, 4) is 0 Å². The second-order valence-electron chi connectivity index (χ2n) is 4.35. The van der Waals surface area contributed by atoms with Crippen LogP contribution in [0.3, 0.4) is 0 Å². The van der Waals surface area contributed by atoms with Crippen molar-refractivity contribution < 1.29 is 0 Å². The van der Waals surface area contributed by atoms with E-state index in [0.29, 0.717) is 0 Å². The minimum absolute atomic E-state index is 0.884. The molecule has 0 radical (unpaired) electrons. The van der Waals surface area contributed by atoms with Crippen molar-refractivity contribution in [2.45, 2.75) is 19.4 Å². The maximum absolute atomic E-state index is 6.18. The SMILES string of the molecule is Clc1cccc2cc(CN3CCCC3)sc12. The number of benzene rings is 1. The lowest BCUT2D eigenvalue weighted by atomic mass is 10.2. The number of thiophene rings is 1. The highest BCUT2D eigenvalue weighted by Crippen LogP contribution is 2.32. The molecule has 1 fully saturated rings. The lowest BCUT2D eigenvalue weighted by Gasteiger charge is -2.12. The Balaban J connectivity index is 1.90. The Hall–Kier alpha value is -0.570. The van der Waals surface area contributed by atoms with Crippen LogP contribution >= 0.6 is 22.9 Å². The van der Waals surface area contributed by atoms with Gasteiger partial charge in [0.15, 0.2) is 0 Å². The molecule has 0 spiro atoms. The third kappa shape index (κ3) is 1.97. The van der Waals surface area contributed by atoms with Crippen molar-refractivity contribution in [1.82, 2.24) is 4.90 Å². The smallest absolute Gasteiger partial charge is 0.0584 e. The van der Waals surface area contributed by atoms with E-state index in [-0.39, 0.29) is 0 Å². The average Bonchev–Trinajstić information content (AvgIpc) is 2.88. The molecule has 1 aromatic carbocycles. The van der Waals surface area contributed by atoms with Crippen molar-refractivity contribution in [2.24, 2.45) is 0 Å². The lowest BCUT2D eigenvalue weighted by Crippen LogP contribution is -2.17. The molecule has 0 N–H and O–H groups in total. The second kappa shape index (κ2) is 4.36. The fraction of sp³-hybridized carbons (Fsp3) is 0.385. The number of rotatable bonds is 2. The summed E-state index contributed by atoms with van der Waals surface area (Å²) in [5, 5.41) is 2.17. The van der Waals surface area contributed by atoms with Gasteiger partial charge in [0.2, 0.25) is 0 Å². The first kappa shape index (κ1) is 10.6. The molecule has 1 aliphatic rings. The molecule has 3 rings (SSSR count). The summed E-state index contributed by atoms with van der Waals surface area (Å²) in [7, 11) is 0. The average molecular weight is 252 g/mol. The Morgan fingerprint density at radius 1 is 1.25 bits per heavy atom. The van der Waals surface area contributed by atoms with E-state index in [0.717, 1.165) is 11.6 Å². The molecule has 0 amide bonds. The normalized spacial score (nSPS) is 17.3. The molecule has 16 heavy (non-hydrogen) atoms. The van der Waals surface area contributed by atoms with Crippen LogP contribution in [0.5, 0.6) is 0 Å². The van der Waals surface area contributed by atoms with Crippen molar-refractivity contribution in [2.75, 3.05) is 13.1 Å². The number of nitrogens with zero attached hydrogens (tertiary/aromatic N) is 1. The summed E-state index contributed by atoms with van der Waals surface area (Å²) >= 11 is 8.02. The zero-order chi connectivity index (χ0) is 11.0. The zero-order valence-electron chi connectivity index (χ0n) is 9.08. The van der Waals surface area contributed by atoms with Gasteiger partial charge in [0.05, 0.1) is 9.72 Å². The molecule has 3 heteroatoms. The molecule has 1 aliphatic heterocycles. The van der Waals surface area contributed by atoms with Crippen LogP contribution in [0.15, 0.2) is 24.3 Å². The topological polar surface area (TPSA) is 3.24 Å². The van der Waals surface area contributed by atoms with E-state index in [9.17, 15) is 0 Å². The highest BCUT2D eigenvalue weighted by molar-refractivity contribution is 7.19. The molecular formula is C13H14ClNS. The van der Waals surface area contributed by atoms with Gasteiger partial charge in [-0.25, -0.2) is 0 Å². The first-order valence-electron chi connectivity index (χ1n) is 5.72. The second-order valence-corrected chi connectivity index (χ2v) is 5.90. The summed E-state index contributed by atoms with van der Waals surface area (Å²) in [6.07, 6.45) is 2.71. The van der Waals surface area contributed by atoms with Crippen LogP contribution in [0, 0.1) is 0 Å². The van der Waals surface area contributed by atoms with E-state index in [4.69, 9.17) is 11.6 Å². The number of hydrogen-bond acceptors (Lipinski definition) is 2. The highest BCUT2D eigenvalue weighted by atomic mass is 35.5. The van der Waals surface area contributed by atoms with Crippen LogP contribution in [0.1, 0.15) is 17.7 Å². The number of likely N-dealkylation sites (tertiary alicyclic amines) is 1. The Morgan fingerprint density at radius 3 is 2.81 bits per heavy atom. The van der Waals surface area contributed by atoms with Gasteiger partial charge in [-0.05, 0) is 43.5 Å². The maximum atomic E-state index is 6.18. The molecule has 0 bridgehead atoms. The van der Waals surface area contributed by atoms with Crippen LogP contribution in [-0.2, 0) is 6.54 Å². The molecule has 1 saturated heterocycles. The summed E-state index contributed by atoms with van der Waals surface area (Å²) in [6, 6.07) is 8.42. The van der Waals surface area contributed by atoms with E-state index in [1.54, 1.807) is 0 Å². The zero-order valence-corrected chi connectivity index (χ0v) is 10.7. The molecule has 0 aliphatic carbocycles. The van der Waals surface area contributed by atoms with E-state index >= 15 is 0 Å². The van der Waals surface area contributed by atoms with Crippen molar-refractivity contribution in [3.63, 3.8) is 0 Å². The van der Waals surface area contributed by atoms with Crippen molar-refractivity contribution in [1.29, 1.82) is 0 Å². The molecule has 0 saturated carbocycles. The van der Waals surface area contributed by atoms with Crippen LogP contribution in [0.25, 0.3) is 10.1 Å². The van der Waals surface area contributed by atoms with Gasteiger partial charge in [0.1, 0.15) is 0 Å². The fourth-order valence-corrected chi connectivity index (χ4v) is 3.72. The molecule has 84 valence electrons. The van der Waals surface area contributed by atoms with E-state index < -0.39 is 0 Å². The highest BCUT2D eigenvalue weighted by Gasteiger charge is 2.13. The first-order chi connectivity index (χ1) is 7.83. The standard InChI is InChI=1S/C13H14ClNS/c14-12-5-3-4-10-8-11(16-13(10)12)9-15-6-1-2-7-15/h3-5,8H,1-2,6-7,9H2. The minimum Gasteiger partial charge on any atom is -0.298 e. The lowest BCUT2D eigenvalue weighted by molar-refractivity contribution is 0.334. The van der Waals surface area contributed by atoms with Gasteiger partial charge in [-0.15, -0.1) is 11.3 Å². The maximum Gasteiger partial charge on any atom is 0.0584 e. The monoisotopic (exact) mass is 251 g/mol. The summed E-state index contributed by atoms with van der Waals surface area (Å²) < 4.78 is 1.23. The van der Waals surface area contributed by atoms with Crippen LogP contribution in [-0.4, -0.2) is 18.0 Å². The third-order valence-electron chi connectivity index (χ3n) is 3.13. The number of hydrogen-bond donors (Lipinski definition) is 0. The number of fused-ring (bicyclic) bond motifs is 1. The summed E-state index contributed by atoms with van der Waals surface area (Å²) in [5.74, 6) is 0. The molecule has 2 aromatic rings. The van der Waals surface area contributed by atoms with Crippen molar-refractivity contribution in [3.05, 3.63) is 34.2 Å². The van der Waals surface area contributed by atoms with Gasteiger partial charge < -0.3 is 0 Å². The van der Waals surface area contributed by atoms with E-state index in [2.05, 4.69) is 17.0 Å².